The molecule has 1 heterocycles. The van der Waals surface area contributed by atoms with Gasteiger partial charge in [-0.1, -0.05) is 36.4 Å². The Labute approximate surface area is 177 Å². The van der Waals surface area contributed by atoms with Crippen molar-refractivity contribution < 1.29 is 13.6 Å². The molecule has 9 heteroatoms. The van der Waals surface area contributed by atoms with E-state index >= 15 is 0 Å². The van der Waals surface area contributed by atoms with Crippen LogP contribution in [0, 0.1) is 11.6 Å². The van der Waals surface area contributed by atoms with E-state index in [9.17, 15) is 23.2 Å². The lowest BCUT2D eigenvalue weighted by Gasteiger charge is -2.19. The van der Waals surface area contributed by atoms with Gasteiger partial charge in [-0.05, 0) is 24.7 Å². The fraction of sp³-hybridized carbons (Fsp3) is 0.227. The molecule has 3 rings (SSSR count). The van der Waals surface area contributed by atoms with Gasteiger partial charge in [0.1, 0.15) is 17.2 Å². The maximum atomic E-state index is 14.1. The smallest absolute Gasteiger partial charge is 0.331 e. The Morgan fingerprint density at radius 2 is 1.65 bits per heavy atom. The van der Waals surface area contributed by atoms with Crippen LogP contribution in [0.4, 0.5) is 8.78 Å². The van der Waals surface area contributed by atoms with Gasteiger partial charge < -0.3 is 10.6 Å². The minimum absolute atomic E-state index is 0.0806. The van der Waals surface area contributed by atoms with Crippen molar-refractivity contribution in [3.8, 4) is 0 Å². The van der Waals surface area contributed by atoms with Gasteiger partial charge in [0, 0.05) is 18.8 Å². The fourth-order valence-electron chi connectivity index (χ4n) is 3.30. The van der Waals surface area contributed by atoms with Gasteiger partial charge in [-0.15, -0.1) is 0 Å². The highest BCUT2D eigenvalue weighted by Gasteiger charge is 2.21. The largest absolute Gasteiger partial charge is 0.355 e. The summed E-state index contributed by atoms with van der Waals surface area (Å²) in [5.41, 5.74) is -1.39. The highest BCUT2D eigenvalue weighted by molar-refractivity contribution is 5.93. The van der Waals surface area contributed by atoms with E-state index in [0.717, 1.165) is 33.0 Å². The molecule has 0 aliphatic carbocycles. The Balaban J connectivity index is 2.14. The number of carbonyl (C=O) groups is 1. The number of benzene rings is 2. The lowest BCUT2D eigenvalue weighted by Crippen LogP contribution is -2.45. The number of carbonyl (C=O) groups excluding carboxylic acids is 1. The number of hydrogen-bond acceptors (Lipinski definition) is 4. The molecular weight excluding hydrogens is 406 g/mol. The molecule has 31 heavy (non-hydrogen) atoms. The number of nitrogens with one attached hydrogen (secondary N) is 2. The molecule has 3 aromatic rings. The van der Waals surface area contributed by atoms with E-state index in [0.29, 0.717) is 0 Å². The Bertz CT molecular complexity index is 1190. The number of likely N-dealkylation sites (N-methyl/N-ethyl adjacent to an activating group) is 1. The van der Waals surface area contributed by atoms with Crippen LogP contribution in [0.3, 0.4) is 0 Å². The summed E-state index contributed by atoms with van der Waals surface area (Å²) in [6.45, 7) is -0.556. The SMILES string of the molecule is CNC(=O)c1cn(Cc2c(F)cccc2F)c(=O)n(C[C@H](NC)c2ccccc2)c1=O. The monoisotopic (exact) mass is 428 g/mol. The summed E-state index contributed by atoms with van der Waals surface area (Å²) >= 11 is 0. The molecule has 0 saturated heterocycles. The van der Waals surface area contributed by atoms with Gasteiger partial charge in [-0.25, -0.2) is 13.6 Å². The maximum Gasteiger partial charge on any atom is 0.331 e. The van der Waals surface area contributed by atoms with Gasteiger partial charge in [0.05, 0.1) is 19.1 Å². The van der Waals surface area contributed by atoms with Crippen molar-refractivity contribution in [1.82, 2.24) is 19.8 Å². The van der Waals surface area contributed by atoms with E-state index in [1.165, 1.54) is 13.1 Å². The molecule has 1 amide bonds. The van der Waals surface area contributed by atoms with Gasteiger partial charge in [-0.2, -0.15) is 0 Å². The minimum Gasteiger partial charge on any atom is -0.355 e. The Hall–Kier alpha value is -3.59. The Morgan fingerprint density at radius 3 is 2.23 bits per heavy atom. The lowest BCUT2D eigenvalue weighted by atomic mass is 10.1. The van der Waals surface area contributed by atoms with Crippen LogP contribution in [0.15, 0.2) is 64.3 Å². The zero-order chi connectivity index (χ0) is 22.5. The molecule has 7 nitrogen and oxygen atoms in total. The zero-order valence-electron chi connectivity index (χ0n) is 17.1. The van der Waals surface area contributed by atoms with Crippen LogP contribution in [-0.4, -0.2) is 29.1 Å². The summed E-state index contributed by atoms with van der Waals surface area (Å²) in [4.78, 5) is 38.3. The summed E-state index contributed by atoms with van der Waals surface area (Å²) < 4.78 is 30.2. The lowest BCUT2D eigenvalue weighted by molar-refractivity contribution is 0.0959. The summed E-state index contributed by atoms with van der Waals surface area (Å²) in [5.74, 6) is -2.37. The van der Waals surface area contributed by atoms with Crippen molar-refractivity contribution in [3.63, 3.8) is 0 Å². The number of rotatable bonds is 7. The molecular formula is C22H22F2N4O3. The van der Waals surface area contributed by atoms with Crippen molar-refractivity contribution in [2.45, 2.75) is 19.1 Å². The Kier molecular flexibility index (Phi) is 6.76. The first-order valence-electron chi connectivity index (χ1n) is 9.58. The van der Waals surface area contributed by atoms with Crippen LogP contribution >= 0.6 is 0 Å². The molecule has 0 radical (unpaired) electrons. The average molecular weight is 428 g/mol. The molecule has 0 aliphatic rings. The van der Waals surface area contributed by atoms with E-state index in [1.54, 1.807) is 7.05 Å². The maximum absolute atomic E-state index is 14.1. The summed E-state index contributed by atoms with van der Waals surface area (Å²) in [7, 11) is 3.02. The third-order valence-corrected chi connectivity index (χ3v) is 5.01. The Morgan fingerprint density at radius 1 is 1.00 bits per heavy atom. The van der Waals surface area contributed by atoms with Crippen LogP contribution in [0.5, 0.6) is 0 Å². The van der Waals surface area contributed by atoms with Crippen molar-refractivity contribution in [3.05, 3.63) is 104 Å². The number of hydrogen-bond donors (Lipinski definition) is 2. The molecule has 0 aliphatic heterocycles. The van der Waals surface area contributed by atoms with Crippen molar-refractivity contribution in [2.75, 3.05) is 14.1 Å². The highest BCUT2D eigenvalue weighted by atomic mass is 19.1. The first kappa shape index (κ1) is 22.1. The second-order valence-electron chi connectivity index (χ2n) is 6.90. The second kappa shape index (κ2) is 9.48. The third-order valence-electron chi connectivity index (χ3n) is 5.01. The van der Waals surface area contributed by atoms with E-state index in [-0.39, 0.29) is 17.7 Å². The number of amides is 1. The standard InChI is InChI=1S/C22H22F2N4O3/c1-25-19(14-7-4-3-5-8-14)13-28-21(30)16(20(29)26-2)12-27(22(28)31)11-15-17(23)9-6-10-18(15)24/h3-10,12,19,25H,11,13H2,1-2H3,(H,26,29)/t19-/m0/s1. The number of aromatic nitrogens is 2. The van der Waals surface area contributed by atoms with Crippen LogP contribution < -0.4 is 21.9 Å². The van der Waals surface area contributed by atoms with Crippen LogP contribution in [0.2, 0.25) is 0 Å². The van der Waals surface area contributed by atoms with Crippen molar-refractivity contribution in [1.29, 1.82) is 0 Å². The molecule has 1 aromatic heterocycles. The summed E-state index contributed by atoms with van der Waals surface area (Å²) in [6, 6.07) is 12.1. The fourth-order valence-corrected chi connectivity index (χ4v) is 3.30. The first-order chi connectivity index (χ1) is 14.9. The van der Waals surface area contributed by atoms with Crippen LogP contribution in [0.25, 0.3) is 0 Å². The molecule has 0 unspecified atom stereocenters. The third kappa shape index (κ3) is 4.61. The quantitative estimate of drug-likeness (QED) is 0.600. The molecule has 2 N–H and O–H groups in total. The number of nitrogens with zero attached hydrogens (tertiary/aromatic N) is 2. The highest BCUT2D eigenvalue weighted by Crippen LogP contribution is 2.15. The average Bonchev–Trinajstić information content (AvgIpc) is 2.78. The van der Waals surface area contributed by atoms with E-state index in [2.05, 4.69) is 10.6 Å². The van der Waals surface area contributed by atoms with Gasteiger partial charge in [0.25, 0.3) is 11.5 Å². The normalized spacial score (nSPS) is 11.9. The summed E-state index contributed by atoms with van der Waals surface area (Å²) in [6.07, 6.45) is 1.03. The topological polar surface area (TPSA) is 85.1 Å². The van der Waals surface area contributed by atoms with Gasteiger partial charge in [0.15, 0.2) is 0 Å². The van der Waals surface area contributed by atoms with Gasteiger partial charge >= 0.3 is 5.69 Å². The predicted octanol–water partition coefficient (Wildman–Crippen LogP) is 1.66. The zero-order valence-corrected chi connectivity index (χ0v) is 17.1. The first-order valence-corrected chi connectivity index (χ1v) is 9.58. The van der Waals surface area contributed by atoms with E-state index in [1.807, 2.05) is 30.3 Å². The second-order valence-corrected chi connectivity index (χ2v) is 6.90. The van der Waals surface area contributed by atoms with Crippen molar-refractivity contribution in [2.24, 2.45) is 0 Å². The van der Waals surface area contributed by atoms with Gasteiger partial charge in [-0.3, -0.25) is 18.7 Å². The molecule has 0 spiro atoms. The predicted molar refractivity (Wildman–Crippen MR) is 112 cm³/mol. The molecule has 0 bridgehead atoms. The number of halogens is 2. The molecule has 162 valence electrons. The molecule has 1 atom stereocenters. The minimum atomic E-state index is -0.830. The molecule has 0 fully saturated rings. The molecule has 2 aromatic carbocycles. The van der Waals surface area contributed by atoms with E-state index < -0.39 is 41.4 Å². The van der Waals surface area contributed by atoms with Crippen molar-refractivity contribution >= 4 is 5.91 Å². The van der Waals surface area contributed by atoms with Crippen LogP contribution in [-0.2, 0) is 13.1 Å². The van der Waals surface area contributed by atoms with Crippen LogP contribution in [0.1, 0.15) is 27.5 Å². The van der Waals surface area contributed by atoms with E-state index in [4.69, 9.17) is 0 Å². The van der Waals surface area contributed by atoms with Gasteiger partial charge in [0.2, 0.25) is 0 Å². The molecule has 0 saturated carbocycles. The summed E-state index contributed by atoms with van der Waals surface area (Å²) in [5, 5.41) is 5.39.